The molecule has 3 atom stereocenters. The number of rotatable bonds is 6. The number of morpholine rings is 1. The van der Waals surface area contributed by atoms with Crippen LogP contribution in [0.25, 0.3) is 32.1 Å². The van der Waals surface area contributed by atoms with Crippen LogP contribution in [-0.4, -0.2) is 108 Å². The van der Waals surface area contributed by atoms with Crippen LogP contribution in [0.4, 0.5) is 29.2 Å². The number of ether oxygens (including phenoxy) is 5. The average Bonchev–Trinajstić information content (AvgIpc) is 3.83. The number of anilines is 2. The molecular formula is C41H47F2N7O7S. The zero-order valence-corrected chi connectivity index (χ0v) is 34.5. The summed E-state index contributed by atoms with van der Waals surface area (Å²) in [4.78, 5) is 41.7. The van der Waals surface area contributed by atoms with Gasteiger partial charge in [0.15, 0.2) is 5.82 Å². The Bertz CT molecular complexity index is 2340. The molecule has 3 saturated heterocycles. The number of nitrogens with zero attached hydrogens (tertiary/aromatic N) is 6. The van der Waals surface area contributed by atoms with Crippen molar-refractivity contribution >= 4 is 55.3 Å². The molecule has 4 aliphatic rings. The summed E-state index contributed by atoms with van der Waals surface area (Å²) in [5.74, 6) is -1.15. The van der Waals surface area contributed by atoms with Crippen molar-refractivity contribution in [2.45, 2.75) is 97.0 Å². The summed E-state index contributed by atoms with van der Waals surface area (Å²) < 4.78 is 64.0. The number of likely N-dealkylation sites (N-methyl/N-ethyl adjacent to an activating group) is 1. The zero-order valence-electron chi connectivity index (χ0n) is 33.7. The summed E-state index contributed by atoms with van der Waals surface area (Å²) in [7, 11) is 1.99. The summed E-state index contributed by atoms with van der Waals surface area (Å²) >= 11 is 1.06. The summed E-state index contributed by atoms with van der Waals surface area (Å²) in [6.07, 6.45) is 0.0622. The number of amides is 2. The quantitative estimate of drug-likeness (QED) is 0.207. The van der Waals surface area contributed by atoms with Crippen molar-refractivity contribution in [3.63, 3.8) is 0 Å². The van der Waals surface area contributed by atoms with Gasteiger partial charge in [0.25, 0.3) is 0 Å². The van der Waals surface area contributed by atoms with E-state index in [4.69, 9.17) is 28.7 Å². The van der Waals surface area contributed by atoms with E-state index in [1.807, 2.05) is 27.8 Å². The maximum Gasteiger partial charge on any atom is 0.412 e. The third kappa shape index (κ3) is 7.58. The van der Waals surface area contributed by atoms with Gasteiger partial charge in [-0.15, -0.1) is 11.3 Å². The fraction of sp³-hybridized carbons (Fsp3) is 0.537. The Morgan fingerprint density at radius 2 is 1.69 bits per heavy atom. The number of carbonyl (C=O) groups is 2. The van der Waals surface area contributed by atoms with E-state index in [9.17, 15) is 14.9 Å². The predicted molar refractivity (Wildman–Crippen MR) is 213 cm³/mol. The molecule has 4 aromatic rings. The second-order valence-corrected chi connectivity index (χ2v) is 18.3. The first kappa shape index (κ1) is 39.9. The Morgan fingerprint density at radius 1 is 0.983 bits per heavy atom. The van der Waals surface area contributed by atoms with E-state index in [0.717, 1.165) is 30.7 Å². The summed E-state index contributed by atoms with van der Waals surface area (Å²) in [6.45, 7) is 13.5. The van der Waals surface area contributed by atoms with E-state index in [0.29, 0.717) is 53.3 Å². The van der Waals surface area contributed by atoms with Gasteiger partial charge in [-0.05, 0) is 84.7 Å². The monoisotopic (exact) mass is 819 g/mol. The highest BCUT2D eigenvalue weighted by atomic mass is 32.1. The van der Waals surface area contributed by atoms with Gasteiger partial charge in [-0.3, -0.25) is 5.32 Å². The average molecular weight is 820 g/mol. The molecule has 6 heterocycles. The number of carbonyl (C=O) groups excluding carboxylic acids is 2. The van der Waals surface area contributed by atoms with Gasteiger partial charge in [0.05, 0.1) is 30.8 Å². The summed E-state index contributed by atoms with van der Waals surface area (Å²) in [5, 5.41) is 13.8. The van der Waals surface area contributed by atoms with Crippen molar-refractivity contribution in [2.75, 3.05) is 56.7 Å². The molecule has 3 unspecified atom stereocenters. The molecule has 8 rings (SSSR count). The molecule has 17 heteroatoms. The SMILES string of the molecule is CN1CCOC(COc2nc(N3C4CCC3CN(C(=O)OC(C)(C)C)C4)c3c4c(c(-c5c(F)ccc6sc(NC(=O)OC(C)(C)C)c(C#N)c56)c(F)c3n2)COC4)C1. The van der Waals surface area contributed by atoms with Crippen LogP contribution >= 0.6 is 11.3 Å². The minimum absolute atomic E-state index is 0.0307. The van der Waals surface area contributed by atoms with Gasteiger partial charge >= 0.3 is 18.2 Å². The van der Waals surface area contributed by atoms with Crippen LogP contribution in [0, 0.1) is 23.0 Å². The highest BCUT2D eigenvalue weighted by molar-refractivity contribution is 7.23. The topological polar surface area (TPSA) is 152 Å². The molecule has 0 saturated carbocycles. The minimum Gasteiger partial charge on any atom is -0.461 e. The molecule has 2 bridgehead atoms. The molecule has 14 nitrogen and oxygen atoms in total. The molecule has 2 aromatic heterocycles. The van der Waals surface area contributed by atoms with Crippen LogP contribution in [0.1, 0.15) is 71.1 Å². The number of hydrogen-bond donors (Lipinski definition) is 1. The van der Waals surface area contributed by atoms with E-state index in [1.54, 1.807) is 25.7 Å². The van der Waals surface area contributed by atoms with E-state index in [1.165, 1.54) is 12.1 Å². The van der Waals surface area contributed by atoms with E-state index in [-0.39, 0.29) is 76.6 Å². The van der Waals surface area contributed by atoms with Crippen molar-refractivity contribution < 1.29 is 42.1 Å². The molecule has 58 heavy (non-hydrogen) atoms. The van der Waals surface area contributed by atoms with Gasteiger partial charge in [0.1, 0.15) is 52.1 Å². The van der Waals surface area contributed by atoms with Crippen LogP contribution in [0.2, 0.25) is 0 Å². The minimum atomic E-state index is -0.829. The first-order chi connectivity index (χ1) is 27.5. The van der Waals surface area contributed by atoms with E-state index >= 15 is 8.78 Å². The van der Waals surface area contributed by atoms with Gasteiger partial charge in [-0.2, -0.15) is 15.2 Å². The Morgan fingerprint density at radius 3 is 2.36 bits per heavy atom. The lowest BCUT2D eigenvalue weighted by molar-refractivity contribution is -0.0416. The van der Waals surface area contributed by atoms with Gasteiger partial charge in [-0.1, -0.05) is 0 Å². The lowest BCUT2D eigenvalue weighted by Crippen LogP contribution is -2.56. The van der Waals surface area contributed by atoms with E-state index in [2.05, 4.69) is 26.2 Å². The van der Waals surface area contributed by atoms with Gasteiger partial charge in [0.2, 0.25) is 0 Å². The highest BCUT2D eigenvalue weighted by Crippen LogP contribution is 2.49. The standard InChI is InChI=1S/C41H47F2N7O7S/c1-40(2,3)56-38(51)47-36-24(14-44)29-28(58-36)11-10-27(42)32(29)30-25-19-53-20-26(25)31-34(33(30)43)45-37(55-18-23-17-48(7)12-13-54-23)46-35(31)50-21-8-9-22(50)16-49(15-21)39(52)57-41(4,5)6/h10-11,21-23H,8-9,12-13,15-20H2,1-7H3,(H,47,51). The Labute approximate surface area is 338 Å². The number of hydrogen-bond acceptors (Lipinski definition) is 13. The Kier molecular flexibility index (Phi) is 10.4. The second-order valence-electron chi connectivity index (χ2n) is 17.3. The Balaban J connectivity index is 1.28. The smallest absolute Gasteiger partial charge is 0.412 e. The van der Waals surface area contributed by atoms with Crippen LogP contribution in [0.5, 0.6) is 6.01 Å². The number of aromatic nitrogens is 2. The zero-order chi connectivity index (χ0) is 41.3. The van der Waals surface area contributed by atoms with Crippen molar-refractivity contribution in [3.8, 4) is 23.2 Å². The van der Waals surface area contributed by atoms with Crippen molar-refractivity contribution in [1.82, 2.24) is 19.8 Å². The van der Waals surface area contributed by atoms with Crippen molar-refractivity contribution in [3.05, 3.63) is 40.5 Å². The number of thiophene rings is 1. The summed E-state index contributed by atoms with van der Waals surface area (Å²) in [6, 6.07) is 4.43. The van der Waals surface area contributed by atoms with Crippen molar-refractivity contribution in [2.24, 2.45) is 0 Å². The number of likely N-dealkylation sites (tertiary alicyclic amines) is 1. The molecule has 2 amide bonds. The molecular weight excluding hydrogens is 773 g/mol. The molecule has 3 fully saturated rings. The predicted octanol–water partition coefficient (Wildman–Crippen LogP) is 7.34. The number of nitriles is 1. The number of fused-ring (bicyclic) bond motifs is 6. The Hall–Kier alpha value is -4.89. The van der Waals surface area contributed by atoms with Crippen LogP contribution in [0.3, 0.4) is 0 Å². The molecule has 0 spiro atoms. The van der Waals surface area contributed by atoms with Gasteiger partial charge in [-0.25, -0.2) is 18.4 Å². The normalized spacial score (nSPS) is 21.0. The first-order valence-electron chi connectivity index (χ1n) is 19.5. The third-order valence-electron chi connectivity index (χ3n) is 10.7. The molecule has 1 N–H and O–H groups in total. The fourth-order valence-corrected chi connectivity index (χ4v) is 9.41. The van der Waals surface area contributed by atoms with Crippen molar-refractivity contribution in [1.29, 1.82) is 5.26 Å². The number of nitrogens with one attached hydrogen (secondary N) is 1. The maximum absolute atomic E-state index is 17.8. The van der Waals surface area contributed by atoms with Crippen LogP contribution in [0.15, 0.2) is 12.1 Å². The second kappa shape index (κ2) is 15.0. The largest absolute Gasteiger partial charge is 0.461 e. The van der Waals surface area contributed by atoms with Gasteiger partial charge in [0, 0.05) is 59.5 Å². The number of piperazine rings is 1. The van der Waals surface area contributed by atoms with Crippen LogP contribution < -0.4 is 15.0 Å². The molecule has 308 valence electrons. The van der Waals surface area contributed by atoms with Gasteiger partial charge < -0.3 is 38.4 Å². The number of halogens is 2. The highest BCUT2D eigenvalue weighted by Gasteiger charge is 2.45. The fourth-order valence-electron chi connectivity index (χ4n) is 8.36. The molecule has 4 aliphatic heterocycles. The number of benzene rings is 2. The molecule has 0 radical (unpaired) electrons. The van der Waals surface area contributed by atoms with Crippen LogP contribution in [-0.2, 0) is 32.2 Å². The first-order valence-corrected chi connectivity index (χ1v) is 20.3. The molecule has 0 aliphatic carbocycles. The lowest BCUT2D eigenvalue weighted by Gasteiger charge is -2.42. The maximum atomic E-state index is 17.8. The molecule has 2 aromatic carbocycles. The summed E-state index contributed by atoms with van der Waals surface area (Å²) in [5.41, 5.74) is -0.826. The van der Waals surface area contributed by atoms with E-state index < -0.39 is 35.0 Å². The third-order valence-corrected chi connectivity index (χ3v) is 11.7. The lowest BCUT2D eigenvalue weighted by atomic mass is 9.90.